The lowest BCUT2D eigenvalue weighted by Gasteiger charge is -2.10. The summed E-state index contributed by atoms with van der Waals surface area (Å²) in [7, 11) is 0. The normalized spacial score (nSPS) is 12.1. The van der Waals surface area contributed by atoms with Gasteiger partial charge in [-0.25, -0.2) is 0 Å². The van der Waals surface area contributed by atoms with Crippen LogP contribution < -0.4 is 5.73 Å². The van der Waals surface area contributed by atoms with Crippen molar-refractivity contribution in [3.05, 3.63) is 34.9 Å². The van der Waals surface area contributed by atoms with Gasteiger partial charge in [-0.15, -0.1) is 0 Å². The molecule has 0 aliphatic heterocycles. The highest BCUT2D eigenvalue weighted by atomic mass is 32.2. The highest BCUT2D eigenvalue weighted by Crippen LogP contribution is 2.20. The molecule has 0 saturated heterocycles. The number of thioether (sulfide) groups is 1. The van der Waals surface area contributed by atoms with Crippen LogP contribution in [0.1, 0.15) is 23.6 Å². The molecule has 2 N–H and O–H groups in total. The number of nitriles is 1. The SMILES string of the molecule is Cc1cc(C#N)ccc1CSC(C)CN. The maximum atomic E-state index is 8.74. The van der Waals surface area contributed by atoms with E-state index in [0.717, 1.165) is 11.3 Å². The standard InChI is InChI=1S/C12H16N2S/c1-9-5-11(7-14)3-4-12(9)8-15-10(2)6-13/h3-5,10H,6,8,13H2,1-2H3. The fraction of sp³-hybridized carbons (Fsp3) is 0.417. The first-order valence-corrected chi connectivity index (χ1v) is 6.03. The van der Waals surface area contributed by atoms with Gasteiger partial charge in [0.1, 0.15) is 0 Å². The minimum Gasteiger partial charge on any atom is -0.329 e. The van der Waals surface area contributed by atoms with Gasteiger partial charge >= 0.3 is 0 Å². The van der Waals surface area contributed by atoms with Crippen LogP contribution in [-0.4, -0.2) is 11.8 Å². The molecule has 0 saturated carbocycles. The molecule has 0 spiro atoms. The Labute approximate surface area is 95.5 Å². The Bertz CT molecular complexity index is 368. The largest absolute Gasteiger partial charge is 0.329 e. The van der Waals surface area contributed by atoms with Gasteiger partial charge in [0.25, 0.3) is 0 Å². The molecule has 0 aliphatic carbocycles. The molecular formula is C12H16N2S. The average Bonchev–Trinajstić information content (AvgIpc) is 2.26. The van der Waals surface area contributed by atoms with Crippen LogP contribution in [0.25, 0.3) is 0 Å². The lowest BCUT2D eigenvalue weighted by molar-refractivity contribution is 0.950. The highest BCUT2D eigenvalue weighted by molar-refractivity contribution is 7.99. The van der Waals surface area contributed by atoms with Crippen molar-refractivity contribution in [2.45, 2.75) is 24.9 Å². The van der Waals surface area contributed by atoms with E-state index in [9.17, 15) is 0 Å². The van der Waals surface area contributed by atoms with Crippen LogP contribution >= 0.6 is 11.8 Å². The summed E-state index contributed by atoms with van der Waals surface area (Å²) in [6, 6.07) is 7.98. The first-order valence-electron chi connectivity index (χ1n) is 4.98. The zero-order valence-electron chi connectivity index (χ0n) is 9.16. The van der Waals surface area contributed by atoms with Crippen LogP contribution in [0.4, 0.5) is 0 Å². The lowest BCUT2D eigenvalue weighted by Crippen LogP contribution is -2.12. The van der Waals surface area contributed by atoms with Crippen molar-refractivity contribution >= 4 is 11.8 Å². The predicted octanol–water partition coefficient (Wildman–Crippen LogP) is 2.45. The Balaban J connectivity index is 2.67. The number of nitrogens with zero attached hydrogens (tertiary/aromatic N) is 1. The van der Waals surface area contributed by atoms with Gasteiger partial charge in [-0.1, -0.05) is 13.0 Å². The molecule has 1 aromatic carbocycles. The molecule has 3 heteroatoms. The molecule has 80 valence electrons. The molecule has 1 aromatic rings. The topological polar surface area (TPSA) is 49.8 Å². The minimum absolute atomic E-state index is 0.486. The summed E-state index contributed by atoms with van der Waals surface area (Å²) in [4.78, 5) is 0. The molecule has 0 heterocycles. The molecule has 0 aliphatic rings. The molecule has 0 amide bonds. The van der Waals surface area contributed by atoms with Crippen molar-refractivity contribution in [2.75, 3.05) is 6.54 Å². The van der Waals surface area contributed by atoms with E-state index in [2.05, 4.69) is 13.0 Å². The van der Waals surface area contributed by atoms with E-state index >= 15 is 0 Å². The maximum absolute atomic E-state index is 8.74. The fourth-order valence-corrected chi connectivity index (χ4v) is 2.15. The van der Waals surface area contributed by atoms with E-state index in [4.69, 9.17) is 11.0 Å². The second-order valence-corrected chi connectivity index (χ2v) is 5.04. The summed E-state index contributed by atoms with van der Waals surface area (Å²) in [6.07, 6.45) is 0. The first-order chi connectivity index (χ1) is 7.17. The van der Waals surface area contributed by atoms with Crippen molar-refractivity contribution in [3.8, 4) is 6.07 Å². The van der Waals surface area contributed by atoms with Gasteiger partial charge in [0.15, 0.2) is 0 Å². The molecule has 1 atom stereocenters. The maximum Gasteiger partial charge on any atom is 0.0991 e. The van der Waals surface area contributed by atoms with Crippen molar-refractivity contribution in [1.29, 1.82) is 5.26 Å². The van der Waals surface area contributed by atoms with Crippen LogP contribution in [0.5, 0.6) is 0 Å². The summed E-state index contributed by atoms with van der Waals surface area (Å²) in [5.74, 6) is 0.968. The van der Waals surface area contributed by atoms with E-state index < -0.39 is 0 Å². The van der Waals surface area contributed by atoms with Gasteiger partial charge < -0.3 is 5.73 Å². The molecule has 1 rings (SSSR count). The second kappa shape index (κ2) is 5.79. The quantitative estimate of drug-likeness (QED) is 0.848. The first kappa shape index (κ1) is 12.1. The number of aryl methyl sites for hydroxylation is 1. The Morgan fingerprint density at radius 2 is 2.27 bits per heavy atom. The van der Waals surface area contributed by atoms with Crippen LogP contribution in [0.15, 0.2) is 18.2 Å². The second-order valence-electron chi connectivity index (χ2n) is 3.61. The van der Waals surface area contributed by atoms with Gasteiger partial charge in [-0.2, -0.15) is 17.0 Å². The lowest BCUT2D eigenvalue weighted by atomic mass is 10.1. The molecule has 2 nitrogen and oxygen atoms in total. The van der Waals surface area contributed by atoms with E-state index in [1.807, 2.05) is 36.9 Å². The van der Waals surface area contributed by atoms with E-state index in [1.54, 1.807) is 0 Å². The number of hydrogen-bond acceptors (Lipinski definition) is 3. The molecule has 0 bridgehead atoms. The fourth-order valence-electron chi connectivity index (χ4n) is 1.23. The number of benzene rings is 1. The molecular weight excluding hydrogens is 204 g/mol. The van der Waals surface area contributed by atoms with Crippen molar-refractivity contribution in [1.82, 2.24) is 0 Å². The van der Waals surface area contributed by atoms with Crippen LogP contribution in [0.3, 0.4) is 0 Å². The Morgan fingerprint density at radius 1 is 1.53 bits per heavy atom. The zero-order chi connectivity index (χ0) is 11.3. The number of rotatable bonds is 4. The van der Waals surface area contributed by atoms with E-state index in [1.165, 1.54) is 11.1 Å². The average molecular weight is 220 g/mol. The number of nitrogens with two attached hydrogens (primary N) is 1. The predicted molar refractivity (Wildman–Crippen MR) is 65.7 cm³/mol. The number of hydrogen-bond donors (Lipinski definition) is 1. The molecule has 0 aromatic heterocycles. The van der Waals surface area contributed by atoms with Crippen LogP contribution in [0, 0.1) is 18.3 Å². The smallest absolute Gasteiger partial charge is 0.0991 e. The Kier molecular flexibility index (Phi) is 4.67. The minimum atomic E-state index is 0.486. The molecule has 1 unspecified atom stereocenters. The van der Waals surface area contributed by atoms with Gasteiger partial charge in [0.05, 0.1) is 11.6 Å². The third kappa shape index (κ3) is 3.58. The highest BCUT2D eigenvalue weighted by Gasteiger charge is 2.03. The van der Waals surface area contributed by atoms with Crippen LogP contribution in [-0.2, 0) is 5.75 Å². The Hall–Kier alpha value is -0.980. The van der Waals surface area contributed by atoms with Crippen molar-refractivity contribution in [3.63, 3.8) is 0 Å². The van der Waals surface area contributed by atoms with Gasteiger partial charge in [-0.3, -0.25) is 0 Å². The molecule has 0 fully saturated rings. The third-order valence-corrected chi connectivity index (χ3v) is 3.57. The summed E-state index contributed by atoms with van der Waals surface area (Å²) in [5, 5.41) is 9.22. The monoisotopic (exact) mass is 220 g/mol. The van der Waals surface area contributed by atoms with Crippen molar-refractivity contribution < 1.29 is 0 Å². The summed E-state index contributed by atoms with van der Waals surface area (Å²) in [6.45, 7) is 4.88. The summed E-state index contributed by atoms with van der Waals surface area (Å²) >= 11 is 1.85. The van der Waals surface area contributed by atoms with Gasteiger partial charge in [-0.05, 0) is 30.2 Å². The van der Waals surface area contributed by atoms with E-state index in [-0.39, 0.29) is 0 Å². The summed E-state index contributed by atoms with van der Waals surface area (Å²) in [5.41, 5.74) is 8.76. The Morgan fingerprint density at radius 3 is 2.80 bits per heavy atom. The molecule has 0 radical (unpaired) electrons. The molecule has 15 heavy (non-hydrogen) atoms. The zero-order valence-corrected chi connectivity index (χ0v) is 9.97. The third-order valence-electron chi connectivity index (χ3n) is 2.33. The van der Waals surface area contributed by atoms with E-state index in [0.29, 0.717) is 11.8 Å². The van der Waals surface area contributed by atoms with Gasteiger partial charge in [0, 0.05) is 17.5 Å². The van der Waals surface area contributed by atoms with Crippen LogP contribution in [0.2, 0.25) is 0 Å². The summed E-state index contributed by atoms with van der Waals surface area (Å²) < 4.78 is 0. The van der Waals surface area contributed by atoms with Crippen molar-refractivity contribution in [2.24, 2.45) is 5.73 Å². The van der Waals surface area contributed by atoms with Gasteiger partial charge in [0.2, 0.25) is 0 Å².